The van der Waals surface area contributed by atoms with E-state index < -0.39 is 0 Å². The Morgan fingerprint density at radius 3 is 2.86 bits per heavy atom. The summed E-state index contributed by atoms with van der Waals surface area (Å²) in [6, 6.07) is 7.19. The van der Waals surface area contributed by atoms with E-state index in [9.17, 15) is 9.59 Å². The van der Waals surface area contributed by atoms with Crippen LogP contribution in [0.3, 0.4) is 0 Å². The van der Waals surface area contributed by atoms with Crippen LogP contribution in [0.15, 0.2) is 29.1 Å². The first-order valence-electron chi connectivity index (χ1n) is 7.07. The summed E-state index contributed by atoms with van der Waals surface area (Å²) in [5, 5.41) is 3.38. The summed E-state index contributed by atoms with van der Waals surface area (Å²) in [7, 11) is 0. The molecule has 22 heavy (non-hydrogen) atoms. The van der Waals surface area contributed by atoms with Crippen LogP contribution in [0.1, 0.15) is 25.6 Å². The van der Waals surface area contributed by atoms with Gasteiger partial charge in [0.15, 0.2) is 0 Å². The number of rotatable bonds is 6. The number of nitrogens with one attached hydrogen (secondary N) is 2. The zero-order valence-corrected chi connectivity index (χ0v) is 13.3. The number of fused-ring (bicyclic) bond motifs is 1. The molecule has 6 nitrogen and oxygen atoms in total. The summed E-state index contributed by atoms with van der Waals surface area (Å²) in [6.07, 6.45) is 1.58. The van der Waals surface area contributed by atoms with Crippen LogP contribution in [0.2, 0.25) is 0 Å². The van der Waals surface area contributed by atoms with Crippen LogP contribution in [-0.4, -0.2) is 28.5 Å². The van der Waals surface area contributed by atoms with Crippen LogP contribution in [0.25, 0.3) is 10.9 Å². The predicted octanol–water partition coefficient (Wildman–Crippen LogP) is 1.13. The Kier molecular flexibility index (Phi) is 7.01. The minimum atomic E-state index is -0.142. The average molecular weight is 325 g/mol. The third-order valence-electron chi connectivity index (χ3n) is 3.24. The number of amides is 1. The number of halogens is 1. The summed E-state index contributed by atoms with van der Waals surface area (Å²) in [6.45, 7) is 2.28. The lowest BCUT2D eigenvalue weighted by Crippen LogP contribution is -2.37. The fourth-order valence-corrected chi connectivity index (χ4v) is 2.08. The Morgan fingerprint density at radius 1 is 1.41 bits per heavy atom. The van der Waals surface area contributed by atoms with Gasteiger partial charge in [0.2, 0.25) is 5.91 Å². The molecule has 1 aromatic carbocycles. The largest absolute Gasteiger partial charge is 0.352 e. The molecule has 120 valence electrons. The summed E-state index contributed by atoms with van der Waals surface area (Å²) in [5.41, 5.74) is 5.98. The molecule has 7 heteroatoms. The highest BCUT2D eigenvalue weighted by atomic mass is 35.5. The molecule has 0 aliphatic rings. The number of benzene rings is 1. The van der Waals surface area contributed by atoms with Crippen LogP contribution >= 0.6 is 12.4 Å². The predicted molar refractivity (Wildman–Crippen MR) is 89.2 cm³/mol. The molecule has 0 unspecified atom stereocenters. The maximum Gasteiger partial charge on any atom is 0.258 e. The van der Waals surface area contributed by atoms with Gasteiger partial charge >= 0.3 is 0 Å². The van der Waals surface area contributed by atoms with Crippen molar-refractivity contribution < 1.29 is 4.79 Å². The van der Waals surface area contributed by atoms with Crippen molar-refractivity contribution in [1.29, 1.82) is 0 Å². The molecule has 1 heterocycles. The van der Waals surface area contributed by atoms with Crippen molar-refractivity contribution in [2.75, 3.05) is 6.54 Å². The van der Waals surface area contributed by atoms with Crippen LogP contribution < -0.4 is 16.6 Å². The number of para-hydroxylation sites is 1. The van der Waals surface area contributed by atoms with Gasteiger partial charge in [-0.2, -0.15) is 0 Å². The molecule has 0 radical (unpaired) electrons. The van der Waals surface area contributed by atoms with Gasteiger partial charge in [-0.25, -0.2) is 4.98 Å². The van der Waals surface area contributed by atoms with E-state index in [0.29, 0.717) is 42.5 Å². The highest BCUT2D eigenvalue weighted by Crippen LogP contribution is 2.07. The first-order valence-corrected chi connectivity index (χ1v) is 7.07. The molecule has 0 aliphatic heterocycles. The number of hydrogen-bond donors (Lipinski definition) is 3. The van der Waals surface area contributed by atoms with Gasteiger partial charge in [-0.15, -0.1) is 12.4 Å². The minimum absolute atomic E-state index is 0. The number of aromatic nitrogens is 2. The summed E-state index contributed by atoms with van der Waals surface area (Å²) in [4.78, 5) is 30.7. The number of carbonyl (C=O) groups excluding carboxylic acids is 1. The van der Waals surface area contributed by atoms with Crippen molar-refractivity contribution in [2.24, 2.45) is 5.73 Å². The van der Waals surface area contributed by atoms with Crippen molar-refractivity contribution in [2.45, 2.75) is 32.2 Å². The van der Waals surface area contributed by atoms with E-state index in [2.05, 4.69) is 15.3 Å². The maximum absolute atomic E-state index is 11.9. The molecule has 1 aromatic heterocycles. The van der Waals surface area contributed by atoms with Crippen LogP contribution in [0.4, 0.5) is 0 Å². The van der Waals surface area contributed by atoms with Crippen molar-refractivity contribution in [3.8, 4) is 0 Å². The molecule has 1 atom stereocenters. The fraction of sp³-hybridized carbons (Fsp3) is 0.400. The second kappa shape index (κ2) is 8.51. The van der Waals surface area contributed by atoms with E-state index in [1.165, 1.54) is 0 Å². The number of H-pyrrole nitrogens is 1. The third-order valence-corrected chi connectivity index (χ3v) is 3.24. The summed E-state index contributed by atoms with van der Waals surface area (Å²) >= 11 is 0. The molecular formula is C15H21ClN4O2. The Balaban J connectivity index is 0.00000242. The number of aromatic amines is 1. The van der Waals surface area contributed by atoms with Gasteiger partial charge in [0.1, 0.15) is 5.82 Å². The molecular weight excluding hydrogens is 304 g/mol. The highest BCUT2D eigenvalue weighted by Gasteiger charge is 2.07. The molecule has 0 saturated carbocycles. The molecule has 1 amide bonds. The lowest BCUT2D eigenvalue weighted by molar-refractivity contribution is -0.121. The number of carbonyl (C=O) groups is 1. The standard InChI is InChI=1S/C15H20N4O2.ClH/c1-10(9-16)17-14(20)8-4-7-13-18-12-6-3-2-5-11(12)15(21)19-13;/h2-3,5-6,10H,4,7-9,16H2,1H3,(H,17,20)(H,18,19,21);1H/t10-;/m0./s1. The Hall–Kier alpha value is -1.92. The first kappa shape index (κ1) is 18.1. The van der Waals surface area contributed by atoms with Gasteiger partial charge < -0.3 is 16.0 Å². The monoisotopic (exact) mass is 324 g/mol. The Morgan fingerprint density at radius 2 is 2.14 bits per heavy atom. The molecule has 0 saturated heterocycles. The highest BCUT2D eigenvalue weighted by molar-refractivity contribution is 5.85. The molecule has 2 aromatic rings. The zero-order chi connectivity index (χ0) is 15.2. The number of nitrogens with zero attached hydrogens (tertiary/aromatic N) is 1. The average Bonchev–Trinajstić information content (AvgIpc) is 2.47. The quantitative estimate of drug-likeness (QED) is 0.741. The second-order valence-corrected chi connectivity index (χ2v) is 5.09. The fourth-order valence-electron chi connectivity index (χ4n) is 2.08. The van der Waals surface area contributed by atoms with Gasteiger partial charge in [0.05, 0.1) is 10.9 Å². The molecule has 4 N–H and O–H groups in total. The van der Waals surface area contributed by atoms with Crippen LogP contribution in [0.5, 0.6) is 0 Å². The molecule has 0 aliphatic carbocycles. The Bertz CT molecular complexity index is 687. The number of hydrogen-bond acceptors (Lipinski definition) is 4. The molecule has 0 fully saturated rings. The molecule has 2 rings (SSSR count). The van der Waals surface area contributed by atoms with E-state index >= 15 is 0 Å². The third kappa shape index (κ3) is 4.82. The van der Waals surface area contributed by atoms with Crippen molar-refractivity contribution in [3.63, 3.8) is 0 Å². The van der Waals surface area contributed by atoms with Gasteiger partial charge in [0.25, 0.3) is 5.56 Å². The van der Waals surface area contributed by atoms with Gasteiger partial charge in [-0.1, -0.05) is 12.1 Å². The molecule has 0 bridgehead atoms. The van der Waals surface area contributed by atoms with E-state index in [0.717, 1.165) is 0 Å². The van der Waals surface area contributed by atoms with Gasteiger partial charge in [0, 0.05) is 25.4 Å². The smallest absolute Gasteiger partial charge is 0.258 e. The zero-order valence-electron chi connectivity index (χ0n) is 12.5. The summed E-state index contributed by atoms with van der Waals surface area (Å²) in [5.74, 6) is 0.578. The maximum atomic E-state index is 11.9. The minimum Gasteiger partial charge on any atom is -0.352 e. The number of aryl methyl sites for hydroxylation is 1. The lowest BCUT2D eigenvalue weighted by atomic mass is 10.2. The second-order valence-electron chi connectivity index (χ2n) is 5.09. The van der Waals surface area contributed by atoms with Crippen LogP contribution in [-0.2, 0) is 11.2 Å². The SMILES string of the molecule is C[C@@H](CN)NC(=O)CCCc1nc2ccccc2c(=O)[nH]1.Cl. The van der Waals surface area contributed by atoms with Crippen molar-refractivity contribution >= 4 is 29.2 Å². The number of nitrogens with two attached hydrogens (primary N) is 1. The van der Waals surface area contributed by atoms with Crippen molar-refractivity contribution in [3.05, 3.63) is 40.4 Å². The van der Waals surface area contributed by atoms with E-state index in [1.807, 2.05) is 25.1 Å². The Labute approximate surface area is 134 Å². The normalized spacial score (nSPS) is 11.7. The van der Waals surface area contributed by atoms with Crippen LogP contribution in [0, 0.1) is 0 Å². The van der Waals surface area contributed by atoms with E-state index in [4.69, 9.17) is 5.73 Å². The van der Waals surface area contributed by atoms with Crippen molar-refractivity contribution in [1.82, 2.24) is 15.3 Å². The van der Waals surface area contributed by atoms with E-state index in [1.54, 1.807) is 6.07 Å². The van der Waals surface area contributed by atoms with E-state index in [-0.39, 0.29) is 29.9 Å². The first-order chi connectivity index (χ1) is 10.1. The lowest BCUT2D eigenvalue weighted by Gasteiger charge is -2.10. The topological polar surface area (TPSA) is 101 Å². The van der Waals surface area contributed by atoms with Gasteiger partial charge in [-0.3, -0.25) is 9.59 Å². The van der Waals surface area contributed by atoms with Gasteiger partial charge in [-0.05, 0) is 25.5 Å². The molecule has 0 spiro atoms. The summed E-state index contributed by atoms with van der Waals surface area (Å²) < 4.78 is 0.